The summed E-state index contributed by atoms with van der Waals surface area (Å²) in [5.74, 6) is -0.598. The van der Waals surface area contributed by atoms with Gasteiger partial charge in [-0.2, -0.15) is 13.2 Å². The molecular weight excluding hydrogens is 390 g/mol. The van der Waals surface area contributed by atoms with E-state index in [1.54, 1.807) is 0 Å². The van der Waals surface area contributed by atoms with E-state index in [4.69, 9.17) is 4.74 Å². The van der Waals surface area contributed by atoms with Crippen molar-refractivity contribution in [3.8, 4) is 5.75 Å². The molecule has 1 aliphatic rings. The van der Waals surface area contributed by atoms with Gasteiger partial charge in [0.25, 0.3) is 0 Å². The number of aromatic nitrogens is 1. The molecule has 0 amide bonds. The van der Waals surface area contributed by atoms with Crippen molar-refractivity contribution in [3.05, 3.63) is 45.4 Å². The summed E-state index contributed by atoms with van der Waals surface area (Å²) >= 11 is 1.07. The molecule has 1 aromatic heterocycles. The van der Waals surface area contributed by atoms with Gasteiger partial charge in [-0.05, 0) is 37.0 Å². The van der Waals surface area contributed by atoms with Crippen LogP contribution in [0, 0.1) is 5.92 Å². The summed E-state index contributed by atoms with van der Waals surface area (Å²) in [6.07, 6.45) is 0.0481. The largest absolute Gasteiger partial charge is 1.00 e. The molecule has 9 heteroatoms. The van der Waals surface area contributed by atoms with Crippen LogP contribution in [-0.4, -0.2) is 17.6 Å². The minimum Gasteiger partial charge on any atom is -0.543 e. The second kappa shape index (κ2) is 9.41. The maximum atomic E-state index is 13.0. The number of carbonyl (C=O) groups is 1. The van der Waals surface area contributed by atoms with Gasteiger partial charge >= 0.3 is 35.7 Å². The predicted octanol–water partition coefficient (Wildman–Crippen LogP) is 0.689. The summed E-state index contributed by atoms with van der Waals surface area (Å²) in [6.45, 7) is 0.473. The van der Waals surface area contributed by atoms with Gasteiger partial charge in [-0.25, -0.2) is 4.98 Å². The molecule has 0 N–H and O–H groups in total. The number of rotatable bonds is 6. The molecule has 0 atom stereocenters. The van der Waals surface area contributed by atoms with Crippen molar-refractivity contribution in [1.82, 2.24) is 4.98 Å². The maximum Gasteiger partial charge on any atom is 1.00 e. The average molecular weight is 407 g/mol. The normalized spacial score (nSPS) is 14.8. The molecule has 0 aliphatic heterocycles. The third-order valence-corrected chi connectivity index (χ3v) is 5.29. The molecule has 1 heterocycles. The number of hydrogen-bond donors (Lipinski definition) is 0. The number of carboxylic acids is 1. The number of aromatic carboxylic acids is 1. The zero-order valence-corrected chi connectivity index (χ0v) is 17.7. The number of carbonyl (C=O) groups excluding carboxylic acids is 1. The van der Waals surface area contributed by atoms with Crippen molar-refractivity contribution in [2.45, 2.75) is 38.3 Å². The van der Waals surface area contributed by atoms with Gasteiger partial charge in [0.1, 0.15) is 5.75 Å². The summed E-state index contributed by atoms with van der Waals surface area (Å²) in [5, 5.41) is 12.5. The topological polar surface area (TPSA) is 62.2 Å². The minimum atomic E-state index is -4.46. The number of thiazole rings is 1. The predicted molar refractivity (Wildman–Crippen MR) is 88.1 cm³/mol. The molecule has 0 spiro atoms. The molecule has 27 heavy (non-hydrogen) atoms. The van der Waals surface area contributed by atoms with Crippen LogP contribution in [0.5, 0.6) is 5.75 Å². The number of alkyl halides is 3. The van der Waals surface area contributed by atoms with Crippen LogP contribution in [-0.2, 0) is 12.6 Å². The number of hydrogen-bond acceptors (Lipinski definition) is 5. The average Bonchev–Trinajstić information content (AvgIpc) is 3.24. The Morgan fingerprint density at radius 3 is 2.59 bits per heavy atom. The molecular formula is C18H17F3NNaO3S. The van der Waals surface area contributed by atoms with Crippen molar-refractivity contribution < 1.29 is 57.4 Å². The van der Waals surface area contributed by atoms with Crippen LogP contribution in [0.4, 0.5) is 13.2 Å². The van der Waals surface area contributed by atoms with Gasteiger partial charge in [0.15, 0.2) is 0 Å². The van der Waals surface area contributed by atoms with E-state index in [0.29, 0.717) is 28.8 Å². The van der Waals surface area contributed by atoms with E-state index >= 15 is 0 Å². The quantitative estimate of drug-likeness (QED) is 0.662. The number of ether oxygens (including phenoxy) is 1. The Morgan fingerprint density at radius 2 is 2.00 bits per heavy atom. The summed E-state index contributed by atoms with van der Waals surface area (Å²) in [5.41, 5.74) is -0.639. The van der Waals surface area contributed by atoms with Gasteiger partial charge in [0, 0.05) is 17.4 Å². The van der Waals surface area contributed by atoms with Crippen LogP contribution in [0.2, 0.25) is 0 Å². The van der Waals surface area contributed by atoms with Gasteiger partial charge in [0.05, 0.1) is 28.8 Å². The summed E-state index contributed by atoms with van der Waals surface area (Å²) in [4.78, 5) is 14.7. The van der Waals surface area contributed by atoms with Gasteiger partial charge in [0.2, 0.25) is 0 Å². The van der Waals surface area contributed by atoms with Crippen LogP contribution in [0.25, 0.3) is 0 Å². The van der Waals surface area contributed by atoms with E-state index in [1.165, 1.54) is 11.4 Å². The zero-order valence-electron chi connectivity index (χ0n) is 14.8. The van der Waals surface area contributed by atoms with Crippen LogP contribution in [0.1, 0.15) is 52.3 Å². The summed E-state index contributed by atoms with van der Waals surface area (Å²) in [7, 11) is 0. The first-order chi connectivity index (χ1) is 12.3. The molecule has 2 aromatic rings. The molecule has 0 unspecified atom stereocenters. The van der Waals surface area contributed by atoms with Crippen LogP contribution < -0.4 is 39.4 Å². The Kier molecular flexibility index (Phi) is 7.73. The second-order valence-electron chi connectivity index (χ2n) is 6.37. The molecule has 140 valence electrons. The van der Waals surface area contributed by atoms with Gasteiger partial charge in [-0.15, -0.1) is 11.3 Å². The Balaban J connectivity index is 0.00000261. The molecule has 4 nitrogen and oxygen atoms in total. The maximum absolute atomic E-state index is 13.0. The Hall–Kier alpha value is -1.09. The SMILES string of the molecule is O=C([O-])c1csc(Cc2cc(C(F)(F)F)ccc2OCC2CCCC2)n1.[Na+]. The molecule has 0 saturated heterocycles. The van der Waals surface area contributed by atoms with Crippen molar-refractivity contribution in [3.63, 3.8) is 0 Å². The number of nitrogens with zero attached hydrogens (tertiary/aromatic N) is 1. The fourth-order valence-electron chi connectivity index (χ4n) is 3.07. The van der Waals surface area contributed by atoms with Crippen molar-refractivity contribution in [1.29, 1.82) is 0 Å². The molecule has 0 bridgehead atoms. The van der Waals surface area contributed by atoms with Gasteiger partial charge in [-0.1, -0.05) is 12.8 Å². The van der Waals surface area contributed by atoms with E-state index in [-0.39, 0.29) is 41.7 Å². The van der Waals surface area contributed by atoms with E-state index in [9.17, 15) is 23.1 Å². The number of carboxylic acid groups (broad SMARTS) is 1. The molecule has 1 aromatic carbocycles. The third kappa shape index (κ3) is 5.94. The van der Waals surface area contributed by atoms with E-state index in [2.05, 4.69) is 4.98 Å². The fraction of sp³-hybridized carbons (Fsp3) is 0.444. The first kappa shape index (κ1) is 22.2. The Morgan fingerprint density at radius 1 is 1.30 bits per heavy atom. The standard InChI is InChI=1S/C18H18F3NO3S.Na/c19-18(20,21)13-5-6-15(25-9-11-3-1-2-4-11)12(7-13)8-16-22-14(10-26-16)17(23)24;/h5-7,10-11H,1-4,8-9H2,(H,23,24);/q;+1/p-1. The van der Waals surface area contributed by atoms with E-state index < -0.39 is 17.7 Å². The first-order valence-electron chi connectivity index (χ1n) is 8.31. The molecule has 1 fully saturated rings. The molecule has 0 radical (unpaired) electrons. The fourth-order valence-corrected chi connectivity index (χ4v) is 3.85. The zero-order chi connectivity index (χ0) is 18.7. The van der Waals surface area contributed by atoms with Crippen LogP contribution in [0.15, 0.2) is 23.6 Å². The van der Waals surface area contributed by atoms with Crippen molar-refractivity contribution in [2.24, 2.45) is 5.92 Å². The van der Waals surface area contributed by atoms with E-state index in [0.717, 1.165) is 49.2 Å². The third-order valence-electron chi connectivity index (χ3n) is 4.44. The molecule has 1 aliphatic carbocycles. The van der Waals surface area contributed by atoms with Crippen LogP contribution >= 0.6 is 11.3 Å². The Bertz CT molecular complexity index is 788. The first-order valence-corrected chi connectivity index (χ1v) is 9.19. The van der Waals surface area contributed by atoms with E-state index in [1.807, 2.05) is 0 Å². The minimum absolute atomic E-state index is 0. The van der Waals surface area contributed by atoms with Gasteiger partial charge in [-0.3, -0.25) is 0 Å². The smallest absolute Gasteiger partial charge is 0.543 e. The summed E-state index contributed by atoms with van der Waals surface area (Å²) < 4.78 is 44.9. The van der Waals surface area contributed by atoms with Crippen molar-refractivity contribution in [2.75, 3.05) is 6.61 Å². The molecule has 3 rings (SSSR count). The number of halogens is 3. The Labute approximate surface area is 181 Å². The van der Waals surface area contributed by atoms with Crippen molar-refractivity contribution >= 4 is 17.3 Å². The van der Waals surface area contributed by atoms with Gasteiger partial charge < -0.3 is 14.6 Å². The second-order valence-corrected chi connectivity index (χ2v) is 7.32. The molecule has 1 saturated carbocycles. The number of benzene rings is 1. The monoisotopic (exact) mass is 407 g/mol. The summed E-state index contributed by atoms with van der Waals surface area (Å²) in [6, 6.07) is 3.38. The van der Waals surface area contributed by atoms with Crippen LogP contribution in [0.3, 0.4) is 0 Å².